The van der Waals surface area contributed by atoms with Gasteiger partial charge in [0, 0.05) is 4.47 Å². The van der Waals surface area contributed by atoms with Crippen molar-refractivity contribution >= 4 is 37.6 Å². The number of hydrogen-bond donors (Lipinski definition) is 2. The summed E-state index contributed by atoms with van der Waals surface area (Å²) < 4.78 is 40.1. The molecule has 0 aliphatic carbocycles. The molecule has 0 atom stereocenters. The first-order valence-corrected chi connectivity index (χ1v) is 7.89. The van der Waals surface area contributed by atoms with E-state index in [4.69, 9.17) is 5.11 Å². The van der Waals surface area contributed by atoms with E-state index in [0.29, 0.717) is 0 Å². The van der Waals surface area contributed by atoms with E-state index < -0.39 is 21.8 Å². The van der Waals surface area contributed by atoms with Crippen molar-refractivity contribution in [1.29, 1.82) is 0 Å². The Labute approximate surface area is 128 Å². The summed E-state index contributed by atoms with van der Waals surface area (Å²) in [5.41, 5.74) is -0.413. The molecular weight excluding hydrogens is 365 g/mol. The number of aromatic carboxylic acids is 1. The van der Waals surface area contributed by atoms with E-state index in [0.717, 1.165) is 12.1 Å². The number of hydrogen-bond acceptors (Lipinski definition) is 3. The van der Waals surface area contributed by atoms with Gasteiger partial charge in [0.1, 0.15) is 5.82 Å². The molecular formula is C13H9BrFNO4S. The monoisotopic (exact) mass is 373 g/mol. The molecule has 0 aromatic heterocycles. The van der Waals surface area contributed by atoms with Gasteiger partial charge in [-0.25, -0.2) is 17.6 Å². The van der Waals surface area contributed by atoms with Gasteiger partial charge in [0.05, 0.1) is 16.1 Å². The van der Waals surface area contributed by atoms with Gasteiger partial charge in [-0.3, -0.25) is 4.72 Å². The highest BCUT2D eigenvalue weighted by molar-refractivity contribution is 9.10. The smallest absolute Gasteiger partial charge is 0.336 e. The minimum atomic E-state index is -4.08. The topological polar surface area (TPSA) is 83.5 Å². The summed E-state index contributed by atoms with van der Waals surface area (Å²) >= 11 is 3.02. The Kier molecular flexibility index (Phi) is 4.29. The summed E-state index contributed by atoms with van der Waals surface area (Å²) in [5, 5.41) is 8.98. The quantitative estimate of drug-likeness (QED) is 0.862. The predicted molar refractivity (Wildman–Crippen MR) is 78.3 cm³/mol. The summed E-state index contributed by atoms with van der Waals surface area (Å²) in [6.45, 7) is 0. The minimum Gasteiger partial charge on any atom is -0.478 e. The van der Waals surface area contributed by atoms with E-state index >= 15 is 0 Å². The number of para-hydroxylation sites is 1. The fraction of sp³-hybridized carbons (Fsp3) is 0. The van der Waals surface area contributed by atoms with Gasteiger partial charge in [-0.15, -0.1) is 0 Å². The number of carboxylic acid groups (broad SMARTS) is 1. The maximum atomic E-state index is 13.5. The van der Waals surface area contributed by atoms with Crippen LogP contribution in [0.4, 0.5) is 10.1 Å². The van der Waals surface area contributed by atoms with Crippen LogP contribution < -0.4 is 4.72 Å². The molecule has 0 unspecified atom stereocenters. The highest BCUT2D eigenvalue weighted by Gasteiger charge is 2.19. The van der Waals surface area contributed by atoms with Gasteiger partial charge in [0.15, 0.2) is 0 Å². The van der Waals surface area contributed by atoms with Crippen LogP contribution in [-0.2, 0) is 10.0 Å². The van der Waals surface area contributed by atoms with E-state index in [-0.39, 0.29) is 20.6 Å². The molecule has 0 fully saturated rings. The Morgan fingerprint density at radius 2 is 1.86 bits per heavy atom. The van der Waals surface area contributed by atoms with Crippen LogP contribution >= 0.6 is 15.9 Å². The maximum Gasteiger partial charge on any atom is 0.336 e. The van der Waals surface area contributed by atoms with E-state index in [1.807, 2.05) is 0 Å². The minimum absolute atomic E-state index is 0.202. The molecule has 5 nitrogen and oxygen atoms in total. The Balaban J connectivity index is 2.43. The van der Waals surface area contributed by atoms with Crippen LogP contribution in [0.2, 0.25) is 0 Å². The molecule has 0 saturated carbocycles. The van der Waals surface area contributed by atoms with Crippen molar-refractivity contribution < 1.29 is 22.7 Å². The first-order valence-electron chi connectivity index (χ1n) is 5.61. The molecule has 0 bridgehead atoms. The second-order valence-corrected chi connectivity index (χ2v) is 6.57. The van der Waals surface area contributed by atoms with E-state index in [2.05, 4.69) is 20.7 Å². The van der Waals surface area contributed by atoms with Crippen molar-refractivity contribution in [3.8, 4) is 0 Å². The largest absolute Gasteiger partial charge is 0.478 e. The molecule has 2 aromatic carbocycles. The summed E-state index contributed by atoms with van der Waals surface area (Å²) in [5.74, 6) is -2.00. The van der Waals surface area contributed by atoms with Crippen LogP contribution in [0.25, 0.3) is 0 Å². The average molecular weight is 374 g/mol. The molecule has 21 heavy (non-hydrogen) atoms. The van der Waals surface area contributed by atoms with E-state index in [1.165, 1.54) is 30.3 Å². The predicted octanol–water partition coefficient (Wildman–Crippen LogP) is 3.09. The summed E-state index contributed by atoms with van der Waals surface area (Å²) in [6, 6.07) is 8.81. The number of rotatable bonds is 4. The van der Waals surface area contributed by atoms with E-state index in [1.54, 1.807) is 0 Å². The third-order valence-corrected chi connectivity index (χ3v) is 4.65. The van der Waals surface area contributed by atoms with Gasteiger partial charge >= 0.3 is 5.97 Å². The van der Waals surface area contributed by atoms with Gasteiger partial charge in [-0.05, 0) is 46.3 Å². The van der Waals surface area contributed by atoms with Crippen molar-refractivity contribution in [2.75, 3.05) is 4.72 Å². The number of halogens is 2. The fourth-order valence-corrected chi connectivity index (χ4v) is 3.09. The third kappa shape index (κ3) is 3.40. The molecule has 0 amide bonds. The maximum absolute atomic E-state index is 13.5. The molecule has 8 heteroatoms. The zero-order valence-electron chi connectivity index (χ0n) is 10.4. The lowest BCUT2D eigenvalue weighted by atomic mass is 10.2. The lowest BCUT2D eigenvalue weighted by Gasteiger charge is -2.10. The molecule has 0 radical (unpaired) electrons. The number of sulfonamides is 1. The van der Waals surface area contributed by atoms with Crippen molar-refractivity contribution in [2.45, 2.75) is 4.90 Å². The first-order chi connectivity index (χ1) is 9.81. The summed E-state index contributed by atoms with van der Waals surface area (Å²) in [7, 11) is -4.08. The molecule has 0 aliphatic heterocycles. The highest BCUT2D eigenvalue weighted by Crippen LogP contribution is 2.23. The van der Waals surface area contributed by atoms with Crippen LogP contribution in [0, 0.1) is 5.82 Å². The van der Waals surface area contributed by atoms with Gasteiger partial charge in [0.25, 0.3) is 10.0 Å². The molecule has 0 spiro atoms. The zero-order chi connectivity index (χ0) is 15.6. The number of anilines is 1. The molecule has 0 aliphatic rings. The Hall–Kier alpha value is -1.93. The van der Waals surface area contributed by atoms with Crippen LogP contribution in [0.1, 0.15) is 10.4 Å². The zero-order valence-corrected chi connectivity index (χ0v) is 12.8. The summed E-state index contributed by atoms with van der Waals surface area (Å²) in [4.78, 5) is 10.7. The van der Waals surface area contributed by atoms with Gasteiger partial charge in [-0.1, -0.05) is 12.1 Å². The SMILES string of the molecule is O=C(O)c1cc(S(=O)(=O)Nc2ccccc2F)ccc1Br. The van der Waals surface area contributed by atoms with Gasteiger partial charge in [0.2, 0.25) is 0 Å². The van der Waals surface area contributed by atoms with Gasteiger partial charge < -0.3 is 5.11 Å². The van der Waals surface area contributed by atoms with Crippen molar-refractivity contribution in [1.82, 2.24) is 0 Å². The molecule has 2 N–H and O–H groups in total. The molecule has 110 valence electrons. The van der Waals surface area contributed by atoms with Crippen LogP contribution in [0.3, 0.4) is 0 Å². The number of benzene rings is 2. The lowest BCUT2D eigenvalue weighted by molar-refractivity contribution is 0.0695. The summed E-state index contributed by atoms with van der Waals surface area (Å²) in [6.07, 6.45) is 0. The molecule has 2 aromatic rings. The molecule has 2 rings (SSSR count). The Bertz CT molecular complexity index is 808. The molecule has 0 saturated heterocycles. The highest BCUT2D eigenvalue weighted by atomic mass is 79.9. The third-order valence-electron chi connectivity index (χ3n) is 2.60. The normalized spacial score (nSPS) is 11.1. The second-order valence-electron chi connectivity index (χ2n) is 4.03. The average Bonchev–Trinajstić information content (AvgIpc) is 2.41. The first kappa shape index (κ1) is 15.5. The second kappa shape index (κ2) is 5.82. The van der Waals surface area contributed by atoms with Gasteiger partial charge in [-0.2, -0.15) is 0 Å². The van der Waals surface area contributed by atoms with Crippen molar-refractivity contribution in [3.05, 3.63) is 58.3 Å². The Morgan fingerprint density at radius 3 is 2.48 bits per heavy atom. The van der Waals surface area contributed by atoms with Crippen molar-refractivity contribution in [3.63, 3.8) is 0 Å². The van der Waals surface area contributed by atoms with Crippen LogP contribution in [0.5, 0.6) is 0 Å². The number of carbonyl (C=O) groups is 1. The van der Waals surface area contributed by atoms with Crippen molar-refractivity contribution in [2.24, 2.45) is 0 Å². The fourth-order valence-electron chi connectivity index (χ4n) is 1.58. The number of nitrogens with one attached hydrogen (secondary N) is 1. The van der Waals surface area contributed by atoms with Crippen LogP contribution in [0.15, 0.2) is 51.8 Å². The standard InChI is InChI=1S/C13H9BrFNO4S/c14-10-6-5-8(7-9(10)13(17)18)21(19,20)16-12-4-2-1-3-11(12)15/h1-7,16H,(H,17,18). The number of carboxylic acids is 1. The Morgan fingerprint density at radius 1 is 1.19 bits per heavy atom. The van der Waals surface area contributed by atoms with E-state index in [9.17, 15) is 17.6 Å². The molecule has 0 heterocycles. The lowest BCUT2D eigenvalue weighted by Crippen LogP contribution is -2.14. The van der Waals surface area contributed by atoms with Crippen LogP contribution in [-0.4, -0.2) is 19.5 Å².